The highest BCUT2D eigenvalue weighted by molar-refractivity contribution is 7.85. The molecule has 164 valence electrons. The van der Waals surface area contributed by atoms with Gasteiger partial charge in [0.1, 0.15) is 5.60 Å². The lowest BCUT2D eigenvalue weighted by molar-refractivity contribution is 0.0123. The van der Waals surface area contributed by atoms with Gasteiger partial charge in [0, 0.05) is 18.5 Å². The Hall–Kier alpha value is -1.02. The van der Waals surface area contributed by atoms with Gasteiger partial charge in [-0.3, -0.25) is 4.18 Å². The van der Waals surface area contributed by atoms with Crippen molar-refractivity contribution in [2.45, 2.75) is 57.5 Å². The molecule has 1 aliphatic heterocycles. The van der Waals surface area contributed by atoms with Gasteiger partial charge in [-0.05, 0) is 64.2 Å². The maximum Gasteiger partial charge on any atom is 0.410 e. The molecule has 1 unspecified atom stereocenters. The Morgan fingerprint density at radius 2 is 1.93 bits per heavy atom. The number of amides is 1. The van der Waals surface area contributed by atoms with E-state index in [1.165, 1.54) is 0 Å². The molecule has 1 aliphatic rings. The van der Waals surface area contributed by atoms with Crippen molar-refractivity contribution in [2.75, 3.05) is 26.0 Å². The molecule has 1 amide bonds. The maximum absolute atomic E-state index is 12.7. The summed E-state index contributed by atoms with van der Waals surface area (Å²) in [6.07, 6.45) is 3.48. The van der Waals surface area contributed by atoms with Crippen LogP contribution in [0.1, 0.15) is 52.0 Å². The van der Waals surface area contributed by atoms with Gasteiger partial charge in [-0.2, -0.15) is 8.42 Å². The zero-order valence-electron chi connectivity index (χ0n) is 17.3. The van der Waals surface area contributed by atoms with Crippen molar-refractivity contribution in [2.24, 2.45) is 0 Å². The van der Waals surface area contributed by atoms with Crippen LogP contribution < -0.4 is 0 Å². The first-order chi connectivity index (χ1) is 13.3. The van der Waals surface area contributed by atoms with Crippen molar-refractivity contribution >= 4 is 39.4 Å². The number of ether oxygens (including phenoxy) is 1. The third-order valence-electron chi connectivity index (χ3n) is 4.86. The molecule has 1 fully saturated rings. The smallest absolute Gasteiger partial charge is 0.410 e. The third-order valence-corrected chi connectivity index (χ3v) is 6.19. The maximum atomic E-state index is 12.7. The van der Waals surface area contributed by atoms with E-state index in [9.17, 15) is 13.2 Å². The molecule has 1 aromatic carbocycles. The number of halogens is 2. The first-order valence-electron chi connectivity index (χ1n) is 9.59. The summed E-state index contributed by atoms with van der Waals surface area (Å²) in [5, 5.41) is 0.913. The Bertz CT molecular complexity index is 838. The summed E-state index contributed by atoms with van der Waals surface area (Å²) in [6, 6.07) is 5.50. The standard InChI is InChI=1S/C20H29Cl2NO5S/c1-19(2,3)28-18(24)23-11-5-9-20(14-23,10-6-12-27-29(4,25)26)15-7-8-16(21)17(22)13-15/h7-8,13H,5-6,9-12,14H2,1-4H3. The fraction of sp³-hybridized carbons (Fsp3) is 0.650. The van der Waals surface area contributed by atoms with Crippen molar-refractivity contribution in [1.29, 1.82) is 0 Å². The Morgan fingerprint density at radius 3 is 2.52 bits per heavy atom. The molecule has 2 rings (SSSR count). The molecule has 0 spiro atoms. The molecule has 1 saturated heterocycles. The minimum absolute atomic E-state index is 0.0916. The van der Waals surface area contributed by atoms with Gasteiger partial charge in [-0.1, -0.05) is 29.3 Å². The van der Waals surface area contributed by atoms with Crippen LogP contribution in [0, 0.1) is 0 Å². The zero-order valence-corrected chi connectivity index (χ0v) is 19.7. The molecular formula is C20H29Cl2NO5S. The zero-order chi connectivity index (χ0) is 21.9. The highest BCUT2D eigenvalue weighted by atomic mass is 35.5. The van der Waals surface area contributed by atoms with Gasteiger partial charge in [-0.25, -0.2) is 4.79 Å². The van der Waals surface area contributed by atoms with Crippen molar-refractivity contribution in [3.05, 3.63) is 33.8 Å². The monoisotopic (exact) mass is 465 g/mol. The molecule has 0 saturated carbocycles. The first-order valence-corrected chi connectivity index (χ1v) is 12.2. The van der Waals surface area contributed by atoms with Gasteiger partial charge in [0.2, 0.25) is 0 Å². The van der Waals surface area contributed by atoms with E-state index in [1.807, 2.05) is 32.9 Å². The second-order valence-electron chi connectivity index (χ2n) is 8.54. The summed E-state index contributed by atoms with van der Waals surface area (Å²) >= 11 is 12.4. The molecule has 0 bridgehead atoms. The summed E-state index contributed by atoms with van der Waals surface area (Å²) in [4.78, 5) is 14.4. The predicted octanol–water partition coefficient (Wildman–Crippen LogP) is 5.02. The molecular weight excluding hydrogens is 437 g/mol. The van der Waals surface area contributed by atoms with Crippen LogP contribution >= 0.6 is 23.2 Å². The van der Waals surface area contributed by atoms with Crippen molar-refractivity contribution in [1.82, 2.24) is 4.90 Å². The first kappa shape index (κ1) is 24.3. The molecule has 0 aromatic heterocycles. The lowest BCUT2D eigenvalue weighted by atomic mass is 9.71. The van der Waals surface area contributed by atoms with E-state index in [0.29, 0.717) is 36.0 Å². The van der Waals surface area contributed by atoms with Crippen LogP contribution in [-0.4, -0.2) is 51.0 Å². The average molecular weight is 466 g/mol. The van der Waals surface area contributed by atoms with E-state index in [1.54, 1.807) is 11.0 Å². The molecule has 9 heteroatoms. The van der Waals surface area contributed by atoms with Crippen LogP contribution in [0.15, 0.2) is 18.2 Å². The van der Waals surface area contributed by atoms with Crippen LogP contribution in [0.3, 0.4) is 0 Å². The molecule has 1 aromatic rings. The third kappa shape index (κ3) is 7.31. The molecule has 1 heterocycles. The van der Waals surface area contributed by atoms with E-state index in [4.69, 9.17) is 32.1 Å². The molecule has 0 N–H and O–H groups in total. The Morgan fingerprint density at radius 1 is 1.24 bits per heavy atom. The normalized spacial score (nSPS) is 20.6. The van der Waals surface area contributed by atoms with Gasteiger partial charge in [0.25, 0.3) is 10.1 Å². The molecule has 1 atom stereocenters. The van der Waals surface area contributed by atoms with Gasteiger partial charge in [0.05, 0.1) is 22.9 Å². The number of carbonyl (C=O) groups is 1. The summed E-state index contributed by atoms with van der Waals surface area (Å²) < 4.78 is 33.0. The van der Waals surface area contributed by atoms with E-state index in [-0.39, 0.29) is 18.1 Å². The summed E-state index contributed by atoms with van der Waals surface area (Å²) in [7, 11) is -3.49. The van der Waals surface area contributed by atoms with Crippen molar-refractivity contribution in [3.8, 4) is 0 Å². The number of hydrogen-bond acceptors (Lipinski definition) is 5. The second-order valence-corrected chi connectivity index (χ2v) is 11.0. The van der Waals surface area contributed by atoms with Gasteiger partial charge < -0.3 is 9.64 Å². The van der Waals surface area contributed by atoms with E-state index in [0.717, 1.165) is 24.7 Å². The van der Waals surface area contributed by atoms with E-state index < -0.39 is 15.7 Å². The lowest BCUT2D eigenvalue weighted by Crippen LogP contribution is -2.50. The second kappa shape index (κ2) is 9.41. The van der Waals surface area contributed by atoms with Crippen LogP contribution in [0.25, 0.3) is 0 Å². The van der Waals surface area contributed by atoms with Crippen LogP contribution in [0.4, 0.5) is 4.79 Å². The van der Waals surface area contributed by atoms with Gasteiger partial charge in [-0.15, -0.1) is 0 Å². The Balaban J connectivity index is 2.26. The number of likely N-dealkylation sites (tertiary alicyclic amines) is 1. The molecule has 6 nitrogen and oxygen atoms in total. The highest BCUT2D eigenvalue weighted by Gasteiger charge is 2.39. The number of hydrogen-bond donors (Lipinski definition) is 0. The van der Waals surface area contributed by atoms with Crippen molar-refractivity contribution in [3.63, 3.8) is 0 Å². The van der Waals surface area contributed by atoms with Crippen LogP contribution in [0.2, 0.25) is 10.0 Å². The van der Waals surface area contributed by atoms with E-state index in [2.05, 4.69) is 0 Å². The lowest BCUT2D eigenvalue weighted by Gasteiger charge is -2.43. The molecule has 29 heavy (non-hydrogen) atoms. The van der Waals surface area contributed by atoms with Crippen molar-refractivity contribution < 1.29 is 22.1 Å². The number of carbonyl (C=O) groups excluding carboxylic acids is 1. The Labute approximate surface area is 183 Å². The highest BCUT2D eigenvalue weighted by Crippen LogP contribution is 2.40. The summed E-state index contributed by atoms with van der Waals surface area (Å²) in [6.45, 7) is 6.67. The fourth-order valence-corrected chi connectivity index (χ4v) is 4.36. The predicted molar refractivity (Wildman–Crippen MR) is 115 cm³/mol. The quantitative estimate of drug-likeness (QED) is 0.435. The van der Waals surface area contributed by atoms with Crippen LogP contribution in [-0.2, 0) is 24.5 Å². The number of nitrogens with zero attached hydrogens (tertiary/aromatic N) is 1. The summed E-state index contributed by atoms with van der Waals surface area (Å²) in [5.41, 5.74) is 0.00783. The van der Waals surface area contributed by atoms with Gasteiger partial charge in [0.15, 0.2) is 0 Å². The largest absolute Gasteiger partial charge is 0.444 e. The minimum Gasteiger partial charge on any atom is -0.444 e. The van der Waals surface area contributed by atoms with Gasteiger partial charge >= 0.3 is 6.09 Å². The topological polar surface area (TPSA) is 72.9 Å². The SMILES string of the molecule is CC(C)(C)OC(=O)N1CCCC(CCCOS(C)(=O)=O)(c2ccc(Cl)c(Cl)c2)C1. The number of benzene rings is 1. The molecule has 0 aliphatic carbocycles. The average Bonchev–Trinajstić information content (AvgIpc) is 2.59. The minimum atomic E-state index is -3.49. The fourth-order valence-electron chi connectivity index (χ4n) is 3.64. The van der Waals surface area contributed by atoms with Crippen LogP contribution in [0.5, 0.6) is 0 Å². The molecule has 0 radical (unpaired) electrons. The Kier molecular flexibility index (Phi) is 7.87. The number of piperidine rings is 1. The number of rotatable bonds is 6. The van der Waals surface area contributed by atoms with E-state index >= 15 is 0 Å². The summed E-state index contributed by atoms with van der Waals surface area (Å²) in [5.74, 6) is 0.